The fourth-order valence-electron chi connectivity index (χ4n) is 0.772. The number of rotatable bonds is 3. The molecule has 0 unspecified atom stereocenters. The van der Waals surface area contributed by atoms with Crippen molar-refractivity contribution in [2.45, 2.75) is 12.8 Å². The molecule has 11 heavy (non-hydrogen) atoms. The third-order valence-electron chi connectivity index (χ3n) is 1.30. The van der Waals surface area contributed by atoms with Gasteiger partial charge in [0, 0.05) is 18.3 Å². The van der Waals surface area contributed by atoms with Gasteiger partial charge in [0.25, 0.3) is 0 Å². The lowest BCUT2D eigenvalue weighted by atomic mass is 10.2. The predicted octanol–water partition coefficient (Wildman–Crippen LogP) is 1.78. The lowest BCUT2D eigenvalue weighted by Gasteiger charge is -1.94. The van der Waals surface area contributed by atoms with Crippen LogP contribution in [0.4, 0.5) is 0 Å². The van der Waals surface area contributed by atoms with Crippen LogP contribution in [0.2, 0.25) is 0 Å². The van der Waals surface area contributed by atoms with Crippen molar-refractivity contribution in [3.63, 3.8) is 0 Å². The van der Waals surface area contributed by atoms with E-state index in [0.717, 1.165) is 5.69 Å². The molecule has 0 atom stereocenters. The quantitative estimate of drug-likeness (QED) is 0.646. The highest BCUT2D eigenvalue weighted by atomic mass is 35.5. The van der Waals surface area contributed by atoms with Gasteiger partial charge in [0.2, 0.25) is 5.24 Å². The van der Waals surface area contributed by atoms with Crippen molar-refractivity contribution in [3.05, 3.63) is 30.1 Å². The standard InChI is InChI=1S/C8H8ClNO/c9-8(11)5-4-7-3-1-2-6-10-7/h1-3,6H,4-5H2. The Morgan fingerprint density at radius 2 is 2.36 bits per heavy atom. The number of hydrogen-bond donors (Lipinski definition) is 0. The van der Waals surface area contributed by atoms with E-state index in [4.69, 9.17) is 11.6 Å². The van der Waals surface area contributed by atoms with Crippen LogP contribution in [-0.4, -0.2) is 10.2 Å². The van der Waals surface area contributed by atoms with Crippen molar-refractivity contribution < 1.29 is 4.79 Å². The van der Waals surface area contributed by atoms with Crippen LogP contribution in [0.25, 0.3) is 0 Å². The number of aromatic nitrogens is 1. The summed E-state index contributed by atoms with van der Waals surface area (Å²) in [6.07, 6.45) is 2.69. The van der Waals surface area contributed by atoms with E-state index in [-0.39, 0.29) is 5.24 Å². The Morgan fingerprint density at radius 1 is 1.55 bits per heavy atom. The molecule has 1 heterocycles. The zero-order chi connectivity index (χ0) is 8.10. The highest BCUT2D eigenvalue weighted by molar-refractivity contribution is 6.63. The Labute approximate surface area is 70.2 Å². The van der Waals surface area contributed by atoms with Crippen LogP contribution < -0.4 is 0 Å². The summed E-state index contributed by atoms with van der Waals surface area (Å²) in [5.74, 6) is 0. The zero-order valence-corrected chi connectivity index (χ0v) is 6.71. The van der Waals surface area contributed by atoms with Crippen LogP contribution in [0.15, 0.2) is 24.4 Å². The summed E-state index contributed by atoms with van der Waals surface area (Å²) in [5.41, 5.74) is 0.904. The van der Waals surface area contributed by atoms with Gasteiger partial charge in [-0.05, 0) is 30.2 Å². The summed E-state index contributed by atoms with van der Waals surface area (Å²) in [5, 5.41) is -0.310. The maximum Gasteiger partial charge on any atom is 0.222 e. The van der Waals surface area contributed by atoms with E-state index in [1.54, 1.807) is 6.20 Å². The first-order chi connectivity index (χ1) is 5.29. The average Bonchev–Trinajstić information content (AvgIpc) is 2.03. The van der Waals surface area contributed by atoms with Gasteiger partial charge in [0.1, 0.15) is 0 Å². The van der Waals surface area contributed by atoms with Crippen molar-refractivity contribution in [2.24, 2.45) is 0 Å². The van der Waals surface area contributed by atoms with Gasteiger partial charge in [0.15, 0.2) is 0 Å². The van der Waals surface area contributed by atoms with Gasteiger partial charge in [-0.25, -0.2) is 0 Å². The number of pyridine rings is 1. The van der Waals surface area contributed by atoms with E-state index in [0.29, 0.717) is 12.8 Å². The van der Waals surface area contributed by atoms with Crippen molar-refractivity contribution in [3.8, 4) is 0 Å². The maximum absolute atomic E-state index is 10.4. The second kappa shape index (κ2) is 4.09. The smallest absolute Gasteiger partial charge is 0.222 e. The number of nitrogens with zero attached hydrogens (tertiary/aromatic N) is 1. The van der Waals surface area contributed by atoms with Gasteiger partial charge >= 0.3 is 0 Å². The van der Waals surface area contributed by atoms with Gasteiger partial charge < -0.3 is 0 Å². The number of carbonyl (C=O) groups excluding carboxylic acids is 1. The van der Waals surface area contributed by atoms with E-state index < -0.39 is 0 Å². The molecule has 0 radical (unpaired) electrons. The fourth-order valence-corrected chi connectivity index (χ4v) is 0.867. The predicted molar refractivity (Wildman–Crippen MR) is 43.4 cm³/mol. The maximum atomic E-state index is 10.4. The summed E-state index contributed by atoms with van der Waals surface area (Å²) in [4.78, 5) is 14.4. The normalized spacial score (nSPS) is 9.55. The Hall–Kier alpha value is -0.890. The third kappa shape index (κ3) is 3.14. The molecule has 0 spiro atoms. The number of hydrogen-bond acceptors (Lipinski definition) is 2. The first-order valence-electron chi connectivity index (χ1n) is 3.37. The molecule has 58 valence electrons. The fraction of sp³-hybridized carbons (Fsp3) is 0.250. The minimum absolute atomic E-state index is 0.310. The molecule has 0 aliphatic rings. The van der Waals surface area contributed by atoms with Gasteiger partial charge in [-0.1, -0.05) is 6.07 Å². The molecule has 1 aromatic rings. The molecule has 2 nitrogen and oxygen atoms in total. The van der Waals surface area contributed by atoms with E-state index in [2.05, 4.69) is 4.98 Å². The largest absolute Gasteiger partial charge is 0.281 e. The topological polar surface area (TPSA) is 30.0 Å². The van der Waals surface area contributed by atoms with Crippen molar-refractivity contribution in [1.29, 1.82) is 0 Å². The molecule has 0 fully saturated rings. The molecular weight excluding hydrogens is 162 g/mol. The lowest BCUT2D eigenvalue weighted by Crippen LogP contribution is -1.93. The summed E-state index contributed by atoms with van der Waals surface area (Å²) >= 11 is 5.16. The van der Waals surface area contributed by atoms with Crippen LogP contribution >= 0.6 is 11.6 Å². The minimum atomic E-state index is -0.310. The second-order valence-corrected chi connectivity index (χ2v) is 2.60. The van der Waals surface area contributed by atoms with E-state index in [1.807, 2.05) is 18.2 Å². The molecule has 0 bridgehead atoms. The highest BCUT2D eigenvalue weighted by Crippen LogP contribution is 1.99. The van der Waals surface area contributed by atoms with Crippen molar-refractivity contribution in [2.75, 3.05) is 0 Å². The van der Waals surface area contributed by atoms with Crippen LogP contribution in [0.1, 0.15) is 12.1 Å². The summed E-state index contributed by atoms with van der Waals surface area (Å²) in [6.45, 7) is 0. The third-order valence-corrected chi connectivity index (χ3v) is 1.49. The zero-order valence-electron chi connectivity index (χ0n) is 5.96. The van der Waals surface area contributed by atoms with Crippen LogP contribution in [0.3, 0.4) is 0 Å². The van der Waals surface area contributed by atoms with Crippen molar-refractivity contribution in [1.82, 2.24) is 4.98 Å². The molecule has 0 saturated carbocycles. The van der Waals surface area contributed by atoms with Gasteiger partial charge in [-0.15, -0.1) is 0 Å². The molecule has 1 rings (SSSR count). The molecule has 3 heteroatoms. The molecule has 0 aliphatic heterocycles. The lowest BCUT2D eigenvalue weighted by molar-refractivity contribution is -0.111. The molecule has 1 aromatic heterocycles. The average molecular weight is 170 g/mol. The van der Waals surface area contributed by atoms with E-state index in [9.17, 15) is 4.79 Å². The monoisotopic (exact) mass is 169 g/mol. The van der Waals surface area contributed by atoms with Crippen LogP contribution in [-0.2, 0) is 11.2 Å². The first-order valence-corrected chi connectivity index (χ1v) is 3.75. The number of carbonyl (C=O) groups is 1. The SMILES string of the molecule is O=C(Cl)CCc1ccccn1. The Morgan fingerprint density at radius 3 is 2.91 bits per heavy atom. The van der Waals surface area contributed by atoms with Crippen LogP contribution in [0, 0.1) is 0 Å². The molecule has 0 N–H and O–H groups in total. The van der Waals surface area contributed by atoms with E-state index in [1.165, 1.54) is 0 Å². The summed E-state index contributed by atoms with van der Waals surface area (Å²) < 4.78 is 0. The molecule has 0 amide bonds. The minimum Gasteiger partial charge on any atom is -0.281 e. The van der Waals surface area contributed by atoms with Gasteiger partial charge in [-0.2, -0.15) is 0 Å². The molecule has 0 saturated heterocycles. The molecule has 0 aliphatic carbocycles. The number of aryl methyl sites for hydroxylation is 1. The summed E-state index contributed by atoms with van der Waals surface area (Å²) in [6, 6.07) is 5.60. The number of halogens is 1. The Kier molecular flexibility index (Phi) is 3.05. The van der Waals surface area contributed by atoms with Crippen molar-refractivity contribution >= 4 is 16.8 Å². The molecular formula is C8H8ClNO. The van der Waals surface area contributed by atoms with Gasteiger partial charge in [-0.3, -0.25) is 9.78 Å². The van der Waals surface area contributed by atoms with Crippen LogP contribution in [0.5, 0.6) is 0 Å². The summed E-state index contributed by atoms with van der Waals surface area (Å²) in [7, 11) is 0. The van der Waals surface area contributed by atoms with E-state index >= 15 is 0 Å². The molecule has 0 aromatic carbocycles. The highest BCUT2D eigenvalue weighted by Gasteiger charge is 1.97. The Bertz CT molecular complexity index is 235. The second-order valence-electron chi connectivity index (χ2n) is 2.18. The first kappa shape index (κ1) is 8.21. The van der Waals surface area contributed by atoms with Gasteiger partial charge in [0.05, 0.1) is 0 Å². The Balaban J connectivity index is 2.45.